The maximum atomic E-state index is 11.8. The Bertz CT molecular complexity index is 286. The van der Waals surface area contributed by atoms with Crippen molar-refractivity contribution in [2.24, 2.45) is 5.92 Å². The van der Waals surface area contributed by atoms with Crippen LogP contribution in [0.1, 0.15) is 27.7 Å². The normalized spacial score (nSPS) is 12.1. The minimum Gasteiger partial charge on any atom is -0.465 e. The second kappa shape index (κ2) is 6.25. The zero-order valence-corrected chi connectivity index (χ0v) is 10.4. The molecule has 0 N–H and O–H groups in total. The molecule has 0 aliphatic carbocycles. The molecule has 5 nitrogen and oxygen atoms in total. The predicted octanol–water partition coefficient (Wildman–Crippen LogP) is 0.621. The van der Waals surface area contributed by atoms with Crippen molar-refractivity contribution in [3.05, 3.63) is 0 Å². The average Bonchev–Trinajstić information content (AvgIpc) is 2.16. The highest BCUT2D eigenvalue weighted by Gasteiger charge is 2.35. The Morgan fingerprint density at radius 1 is 1.25 bits per heavy atom. The Kier molecular flexibility index (Phi) is 5.71. The van der Waals surface area contributed by atoms with Crippen LogP contribution in [0, 0.1) is 5.92 Å². The third kappa shape index (κ3) is 3.64. The fourth-order valence-electron chi connectivity index (χ4n) is 1.12. The molecular formula is C11H19NO4. The van der Waals surface area contributed by atoms with Gasteiger partial charge in [-0.3, -0.25) is 14.4 Å². The second-order valence-electron chi connectivity index (χ2n) is 3.84. The quantitative estimate of drug-likeness (QED) is 0.512. The Balaban J connectivity index is 4.86. The van der Waals surface area contributed by atoms with Crippen molar-refractivity contribution in [3.8, 4) is 0 Å². The van der Waals surface area contributed by atoms with Crippen molar-refractivity contribution in [2.75, 3.05) is 13.7 Å². The number of esters is 1. The van der Waals surface area contributed by atoms with Gasteiger partial charge in [0.25, 0.3) is 0 Å². The van der Waals surface area contributed by atoms with Gasteiger partial charge < -0.3 is 9.64 Å². The Hall–Kier alpha value is -1.39. The topological polar surface area (TPSA) is 63.7 Å². The van der Waals surface area contributed by atoms with E-state index in [1.54, 1.807) is 27.8 Å². The van der Waals surface area contributed by atoms with Crippen molar-refractivity contribution in [1.82, 2.24) is 4.90 Å². The minimum atomic E-state index is -1.33. The first-order valence-corrected chi connectivity index (χ1v) is 5.26. The fraction of sp³-hybridized carbons (Fsp3) is 0.727. The average molecular weight is 229 g/mol. The third-order valence-corrected chi connectivity index (χ3v) is 2.30. The van der Waals surface area contributed by atoms with Crippen LogP contribution in [0.5, 0.6) is 0 Å². The zero-order valence-electron chi connectivity index (χ0n) is 10.4. The van der Waals surface area contributed by atoms with E-state index in [-0.39, 0.29) is 12.6 Å². The molecule has 0 unspecified atom stereocenters. The van der Waals surface area contributed by atoms with Gasteiger partial charge in [0.05, 0.1) is 6.61 Å². The summed E-state index contributed by atoms with van der Waals surface area (Å²) in [5, 5.41) is 0. The van der Waals surface area contributed by atoms with Crippen LogP contribution in [0.4, 0.5) is 0 Å². The summed E-state index contributed by atoms with van der Waals surface area (Å²) in [4.78, 5) is 36.0. The van der Waals surface area contributed by atoms with Crippen molar-refractivity contribution in [2.45, 2.75) is 33.7 Å². The molecule has 0 radical (unpaired) electrons. The lowest BCUT2D eigenvalue weighted by Crippen LogP contribution is -2.44. The molecule has 0 heterocycles. The molecule has 1 amide bonds. The Morgan fingerprint density at radius 3 is 2.06 bits per heavy atom. The molecule has 16 heavy (non-hydrogen) atoms. The highest BCUT2D eigenvalue weighted by atomic mass is 16.5. The van der Waals surface area contributed by atoms with Gasteiger partial charge >= 0.3 is 5.97 Å². The summed E-state index contributed by atoms with van der Waals surface area (Å²) in [6.07, 6.45) is 0. The number of rotatable bonds is 5. The van der Waals surface area contributed by atoms with Gasteiger partial charge in [-0.15, -0.1) is 0 Å². The molecule has 0 aliphatic heterocycles. The van der Waals surface area contributed by atoms with Crippen molar-refractivity contribution in [3.63, 3.8) is 0 Å². The van der Waals surface area contributed by atoms with Gasteiger partial charge in [0.1, 0.15) is 0 Å². The van der Waals surface area contributed by atoms with Crippen molar-refractivity contribution < 1.29 is 19.1 Å². The van der Waals surface area contributed by atoms with E-state index in [0.717, 1.165) is 0 Å². The van der Waals surface area contributed by atoms with Crippen LogP contribution >= 0.6 is 0 Å². The van der Waals surface area contributed by atoms with Gasteiger partial charge in [-0.25, -0.2) is 0 Å². The van der Waals surface area contributed by atoms with Crippen molar-refractivity contribution in [1.29, 1.82) is 0 Å². The number of nitrogens with zero attached hydrogens (tertiary/aromatic N) is 1. The van der Waals surface area contributed by atoms with Crippen LogP contribution in [0.3, 0.4) is 0 Å². The number of hydrogen-bond donors (Lipinski definition) is 0. The Morgan fingerprint density at radius 2 is 1.75 bits per heavy atom. The fourth-order valence-corrected chi connectivity index (χ4v) is 1.12. The number of hydrogen-bond acceptors (Lipinski definition) is 4. The van der Waals surface area contributed by atoms with Crippen LogP contribution in [-0.2, 0) is 19.1 Å². The summed E-state index contributed by atoms with van der Waals surface area (Å²) in [5.41, 5.74) is 0. The number of Topliss-reactive ketones (excluding diaryl/α,β-unsaturated/α-hetero) is 1. The molecule has 92 valence electrons. The molecule has 0 fully saturated rings. The third-order valence-electron chi connectivity index (χ3n) is 2.30. The molecular weight excluding hydrogens is 210 g/mol. The van der Waals surface area contributed by atoms with Gasteiger partial charge in [-0.2, -0.15) is 0 Å². The van der Waals surface area contributed by atoms with E-state index in [9.17, 15) is 14.4 Å². The van der Waals surface area contributed by atoms with Crippen LogP contribution in [0.15, 0.2) is 0 Å². The van der Waals surface area contributed by atoms with E-state index in [1.807, 2.05) is 0 Å². The highest BCUT2D eigenvalue weighted by Crippen LogP contribution is 2.09. The smallest absolute Gasteiger partial charge is 0.326 e. The van der Waals surface area contributed by atoms with E-state index in [2.05, 4.69) is 0 Å². The van der Waals surface area contributed by atoms with E-state index in [1.165, 1.54) is 11.8 Å². The van der Waals surface area contributed by atoms with Gasteiger partial charge in [-0.1, -0.05) is 0 Å². The minimum absolute atomic E-state index is 0.0659. The first kappa shape index (κ1) is 14.6. The van der Waals surface area contributed by atoms with E-state index in [0.29, 0.717) is 0 Å². The van der Waals surface area contributed by atoms with Gasteiger partial charge in [0.15, 0.2) is 11.7 Å². The number of carbonyl (C=O) groups is 3. The first-order chi connectivity index (χ1) is 7.32. The number of amides is 1. The van der Waals surface area contributed by atoms with Crippen LogP contribution in [0.2, 0.25) is 0 Å². The van der Waals surface area contributed by atoms with E-state index >= 15 is 0 Å². The molecule has 0 bridgehead atoms. The largest absolute Gasteiger partial charge is 0.465 e. The van der Waals surface area contributed by atoms with E-state index in [4.69, 9.17) is 4.74 Å². The summed E-state index contributed by atoms with van der Waals surface area (Å²) in [6.45, 7) is 6.61. The Labute approximate surface area is 95.7 Å². The molecule has 0 aromatic heterocycles. The summed E-state index contributed by atoms with van der Waals surface area (Å²) >= 11 is 0. The maximum absolute atomic E-state index is 11.8. The first-order valence-electron chi connectivity index (χ1n) is 5.26. The molecule has 0 spiro atoms. The summed E-state index contributed by atoms with van der Waals surface area (Å²) in [7, 11) is 1.56. The summed E-state index contributed by atoms with van der Waals surface area (Å²) < 4.78 is 4.71. The number of ketones is 1. The van der Waals surface area contributed by atoms with E-state index < -0.39 is 23.6 Å². The predicted molar refractivity (Wildman–Crippen MR) is 58.7 cm³/mol. The maximum Gasteiger partial charge on any atom is 0.326 e. The van der Waals surface area contributed by atoms with Crippen LogP contribution in [-0.4, -0.2) is 42.3 Å². The molecule has 1 atom stereocenters. The van der Waals surface area contributed by atoms with Crippen LogP contribution < -0.4 is 0 Å². The van der Waals surface area contributed by atoms with Gasteiger partial charge in [0, 0.05) is 13.1 Å². The number of carbonyl (C=O) groups excluding carboxylic acids is 3. The van der Waals surface area contributed by atoms with Gasteiger partial charge in [0.2, 0.25) is 5.91 Å². The lowest BCUT2D eigenvalue weighted by Gasteiger charge is -2.24. The summed E-state index contributed by atoms with van der Waals surface area (Å²) in [5.74, 6) is -3.10. The molecule has 0 saturated heterocycles. The highest BCUT2D eigenvalue weighted by molar-refractivity contribution is 6.15. The molecule has 0 saturated carbocycles. The molecule has 0 aromatic carbocycles. The van der Waals surface area contributed by atoms with Gasteiger partial charge in [-0.05, 0) is 27.7 Å². The molecule has 5 heteroatoms. The molecule has 0 aliphatic rings. The summed E-state index contributed by atoms with van der Waals surface area (Å²) in [6, 6.07) is -0.0659. The molecule has 0 aromatic rings. The monoisotopic (exact) mass is 229 g/mol. The lowest BCUT2D eigenvalue weighted by atomic mass is 10.0. The molecule has 0 rings (SSSR count). The SMILES string of the molecule is CCOC(=O)[C@@H](C(C)=O)C(=O)N(C)C(C)C. The van der Waals surface area contributed by atoms with Crippen molar-refractivity contribution >= 4 is 17.7 Å². The zero-order chi connectivity index (χ0) is 12.9. The standard InChI is InChI=1S/C11H19NO4/c1-6-16-11(15)9(8(4)13)10(14)12(5)7(2)3/h7,9H,6H2,1-5H3/t9-/m0/s1. The second-order valence-corrected chi connectivity index (χ2v) is 3.84. The number of ether oxygens (including phenoxy) is 1. The van der Waals surface area contributed by atoms with Crippen LogP contribution in [0.25, 0.3) is 0 Å². The lowest BCUT2D eigenvalue weighted by molar-refractivity contribution is -0.158.